The average Bonchev–Trinajstić information content (AvgIpc) is 3.35. The van der Waals surface area contributed by atoms with Crippen LogP contribution in [0.25, 0.3) is 10.9 Å². The van der Waals surface area contributed by atoms with Crippen LogP contribution in [0.4, 0.5) is 9.18 Å². The van der Waals surface area contributed by atoms with E-state index in [0.717, 1.165) is 24.8 Å². The third-order valence-electron chi connectivity index (χ3n) is 9.19. The molecule has 2 aliphatic heterocycles. The number of aryl methyl sites for hydroxylation is 1. The highest BCUT2D eigenvalue weighted by Crippen LogP contribution is 2.32. The van der Waals surface area contributed by atoms with E-state index in [2.05, 4.69) is 0 Å². The number of benzene rings is 2. The monoisotopic (exact) mass is 648 g/mol. The van der Waals surface area contributed by atoms with Crippen molar-refractivity contribution in [2.75, 3.05) is 33.3 Å². The molecule has 0 aliphatic carbocycles. The lowest BCUT2D eigenvalue weighted by Gasteiger charge is -2.43. The molecule has 0 spiro atoms. The third kappa shape index (κ3) is 7.29. The summed E-state index contributed by atoms with van der Waals surface area (Å²) in [6, 6.07) is 9.19. The van der Waals surface area contributed by atoms with Gasteiger partial charge in [-0.3, -0.25) is 14.4 Å². The number of amides is 3. The lowest BCUT2D eigenvalue weighted by atomic mass is 9.90. The first-order valence-corrected chi connectivity index (χ1v) is 16.2. The van der Waals surface area contributed by atoms with Crippen molar-refractivity contribution in [3.05, 3.63) is 65.1 Å². The van der Waals surface area contributed by atoms with Crippen molar-refractivity contribution in [2.45, 2.75) is 71.6 Å². The Morgan fingerprint density at radius 3 is 2.15 bits per heavy atom. The molecule has 252 valence electrons. The topological polar surface area (TPSA) is 101 Å². The second-order valence-electron chi connectivity index (χ2n) is 13.9. The fourth-order valence-electron chi connectivity index (χ4n) is 6.62. The van der Waals surface area contributed by atoms with E-state index >= 15 is 0 Å². The molecule has 0 N–H and O–H groups in total. The second kappa shape index (κ2) is 13.4. The number of nitrogens with zero attached hydrogens (tertiary/aromatic N) is 4. The maximum Gasteiger partial charge on any atom is 0.410 e. The Hall–Kier alpha value is -4.41. The van der Waals surface area contributed by atoms with Crippen molar-refractivity contribution >= 4 is 34.6 Å². The maximum atomic E-state index is 13.8. The van der Waals surface area contributed by atoms with Crippen LogP contribution in [0.2, 0.25) is 0 Å². The Morgan fingerprint density at radius 1 is 0.915 bits per heavy atom. The first kappa shape index (κ1) is 33.9. The van der Waals surface area contributed by atoms with Crippen molar-refractivity contribution in [1.29, 1.82) is 0 Å². The van der Waals surface area contributed by atoms with Crippen molar-refractivity contribution < 1.29 is 33.0 Å². The van der Waals surface area contributed by atoms with Gasteiger partial charge in [-0.25, -0.2) is 9.18 Å². The van der Waals surface area contributed by atoms with Crippen LogP contribution in [0.15, 0.2) is 42.6 Å². The van der Waals surface area contributed by atoms with Gasteiger partial charge >= 0.3 is 6.09 Å². The Morgan fingerprint density at radius 2 is 1.53 bits per heavy atom. The van der Waals surface area contributed by atoms with Gasteiger partial charge < -0.3 is 28.7 Å². The molecule has 2 saturated heterocycles. The number of piperazine rings is 1. The molecule has 2 aromatic carbocycles. The molecule has 0 radical (unpaired) electrons. The minimum atomic E-state index is -0.675. The Bertz CT molecular complexity index is 1670. The van der Waals surface area contributed by atoms with Gasteiger partial charge in [-0.2, -0.15) is 0 Å². The van der Waals surface area contributed by atoms with Gasteiger partial charge in [0.2, 0.25) is 0 Å². The molecule has 10 nitrogen and oxygen atoms in total. The van der Waals surface area contributed by atoms with Crippen LogP contribution in [0.5, 0.6) is 5.75 Å². The summed E-state index contributed by atoms with van der Waals surface area (Å²) in [7, 11) is 3.28. The van der Waals surface area contributed by atoms with Gasteiger partial charge in [0.1, 0.15) is 17.2 Å². The Balaban J connectivity index is 1.33. The summed E-state index contributed by atoms with van der Waals surface area (Å²) in [6.45, 7) is 10.6. The first-order valence-electron chi connectivity index (χ1n) is 16.2. The molecule has 0 bridgehead atoms. The van der Waals surface area contributed by atoms with Crippen molar-refractivity contribution in [2.24, 2.45) is 13.0 Å². The standard InChI is InChI=1S/C36H45FN4O6/c1-22-20-41(35(45)47-36(3,4)5)23(2)19-40(22)34(44)32(42)29-21-38(6)30-18-31(46-7)28(17-27(29)30)33(43)39-14-12-25(13-15-39)16-24-8-10-26(37)11-9-24/h8-11,17-18,21-23,25H,12-16,19-20H2,1-7H3/t22?,23-/m1/s1. The summed E-state index contributed by atoms with van der Waals surface area (Å²) in [5.41, 5.74) is 1.62. The molecule has 47 heavy (non-hydrogen) atoms. The number of methoxy groups -OCH3 is 1. The highest BCUT2D eigenvalue weighted by atomic mass is 19.1. The number of hydrogen-bond acceptors (Lipinski definition) is 6. The number of fused-ring (bicyclic) bond motifs is 1. The van der Waals surface area contributed by atoms with Crippen LogP contribution in [0.1, 0.15) is 73.7 Å². The number of ketones is 1. The van der Waals surface area contributed by atoms with Gasteiger partial charge in [0.15, 0.2) is 0 Å². The molecule has 2 fully saturated rings. The summed E-state index contributed by atoms with van der Waals surface area (Å²) in [4.78, 5) is 59.0. The zero-order valence-electron chi connectivity index (χ0n) is 28.3. The summed E-state index contributed by atoms with van der Waals surface area (Å²) >= 11 is 0. The average molecular weight is 649 g/mol. The molecular formula is C36H45FN4O6. The highest BCUT2D eigenvalue weighted by Gasteiger charge is 2.39. The minimum absolute atomic E-state index is 0.185. The third-order valence-corrected chi connectivity index (χ3v) is 9.19. The van der Waals surface area contributed by atoms with Crippen LogP contribution in [-0.4, -0.2) is 93.9 Å². The summed E-state index contributed by atoms with van der Waals surface area (Å²) in [5, 5.41) is 0.495. The van der Waals surface area contributed by atoms with Crippen LogP contribution in [-0.2, 0) is 23.0 Å². The summed E-state index contributed by atoms with van der Waals surface area (Å²) < 4.78 is 26.3. The number of piperidine rings is 1. The zero-order chi connectivity index (χ0) is 34.2. The second-order valence-corrected chi connectivity index (χ2v) is 13.9. The van der Waals surface area contributed by atoms with E-state index in [4.69, 9.17) is 9.47 Å². The van der Waals surface area contributed by atoms with E-state index in [1.165, 1.54) is 24.1 Å². The predicted molar refractivity (Wildman–Crippen MR) is 176 cm³/mol. The van der Waals surface area contributed by atoms with Crippen LogP contribution in [0.3, 0.4) is 0 Å². The number of ether oxygens (including phenoxy) is 2. The van der Waals surface area contributed by atoms with Crippen molar-refractivity contribution in [3.8, 4) is 5.75 Å². The van der Waals surface area contributed by atoms with Crippen LogP contribution >= 0.6 is 0 Å². The highest BCUT2D eigenvalue weighted by molar-refractivity contribution is 6.45. The molecule has 1 unspecified atom stereocenters. The van der Waals surface area contributed by atoms with E-state index in [1.54, 1.807) is 60.5 Å². The molecule has 11 heteroatoms. The van der Waals surface area contributed by atoms with E-state index in [0.29, 0.717) is 41.2 Å². The van der Waals surface area contributed by atoms with Crippen molar-refractivity contribution in [3.63, 3.8) is 0 Å². The quantitative estimate of drug-likeness (QED) is 0.260. The number of carbonyl (C=O) groups is 4. The van der Waals surface area contributed by atoms with Crippen LogP contribution in [0, 0.1) is 11.7 Å². The van der Waals surface area contributed by atoms with Crippen LogP contribution < -0.4 is 4.74 Å². The lowest BCUT2D eigenvalue weighted by molar-refractivity contribution is -0.132. The molecule has 3 heterocycles. The molecule has 2 aliphatic rings. The Labute approximate surface area is 275 Å². The molecule has 5 rings (SSSR count). The van der Waals surface area contributed by atoms with Gasteiger partial charge in [0, 0.05) is 63.0 Å². The number of Topliss-reactive ketones (excluding diaryl/α,β-unsaturated/α-hetero) is 1. The number of likely N-dealkylation sites (tertiary alicyclic amines) is 1. The molecular weight excluding hydrogens is 603 g/mol. The summed E-state index contributed by atoms with van der Waals surface area (Å²) in [5.74, 6) is -1.01. The van der Waals surface area contributed by atoms with Gasteiger partial charge in [0.05, 0.1) is 23.8 Å². The molecule has 0 saturated carbocycles. The number of halogens is 1. The maximum absolute atomic E-state index is 13.8. The minimum Gasteiger partial charge on any atom is -0.496 e. The van der Waals surface area contributed by atoms with E-state index in [9.17, 15) is 23.6 Å². The fraction of sp³-hybridized carbons (Fsp3) is 0.500. The number of carbonyl (C=O) groups excluding carboxylic acids is 4. The van der Waals surface area contributed by atoms with Gasteiger partial charge in [-0.1, -0.05) is 12.1 Å². The number of rotatable bonds is 6. The SMILES string of the molecule is COc1cc2c(cc1C(=O)N1CCC(Cc3ccc(F)cc3)CC1)c(C(=O)C(=O)N1C[C@@H](C)N(C(=O)OC(C)(C)C)CC1C)cn2C. The van der Waals surface area contributed by atoms with E-state index < -0.39 is 29.4 Å². The number of hydrogen-bond donors (Lipinski definition) is 0. The summed E-state index contributed by atoms with van der Waals surface area (Å²) in [6.07, 6.45) is 3.62. The van der Waals surface area contributed by atoms with E-state index in [-0.39, 0.29) is 36.4 Å². The molecule has 1 aromatic heterocycles. The molecule has 3 amide bonds. The largest absolute Gasteiger partial charge is 0.496 e. The molecule has 3 aromatic rings. The van der Waals surface area contributed by atoms with Crippen molar-refractivity contribution in [1.82, 2.24) is 19.3 Å². The normalized spacial score (nSPS) is 19.2. The lowest BCUT2D eigenvalue weighted by Crippen LogP contribution is -2.61. The number of aromatic nitrogens is 1. The van der Waals surface area contributed by atoms with Gasteiger partial charge in [-0.15, -0.1) is 0 Å². The Kier molecular flexibility index (Phi) is 9.65. The van der Waals surface area contributed by atoms with Gasteiger partial charge in [-0.05, 0) is 83.6 Å². The molecule has 2 atom stereocenters. The predicted octanol–water partition coefficient (Wildman–Crippen LogP) is 5.46. The zero-order valence-corrected chi connectivity index (χ0v) is 28.3. The van der Waals surface area contributed by atoms with E-state index in [1.807, 2.05) is 26.0 Å². The van der Waals surface area contributed by atoms with Gasteiger partial charge in [0.25, 0.3) is 17.6 Å². The fourth-order valence-corrected chi connectivity index (χ4v) is 6.62. The smallest absolute Gasteiger partial charge is 0.410 e. The first-order chi connectivity index (χ1) is 22.2.